The van der Waals surface area contributed by atoms with Gasteiger partial charge in [0.05, 0.1) is 13.7 Å². The summed E-state index contributed by atoms with van der Waals surface area (Å²) in [5.41, 5.74) is 0.296. The van der Waals surface area contributed by atoms with Gasteiger partial charge < -0.3 is 14.8 Å². The van der Waals surface area contributed by atoms with Crippen LogP contribution in [0.2, 0.25) is 0 Å². The Kier molecular flexibility index (Phi) is 7.58. The first-order chi connectivity index (χ1) is 9.97. The van der Waals surface area contributed by atoms with Crippen molar-refractivity contribution >= 4 is 0 Å². The van der Waals surface area contributed by atoms with Gasteiger partial charge in [-0.1, -0.05) is 27.7 Å². The fourth-order valence-electron chi connectivity index (χ4n) is 2.29. The minimum atomic E-state index is 0.296. The van der Waals surface area contributed by atoms with Crippen molar-refractivity contribution in [2.75, 3.05) is 26.8 Å². The first kappa shape index (κ1) is 17.8. The van der Waals surface area contributed by atoms with Gasteiger partial charge in [0, 0.05) is 0 Å². The summed E-state index contributed by atoms with van der Waals surface area (Å²) in [4.78, 5) is 0. The number of methoxy groups -OCH3 is 1. The molecule has 0 aliphatic heterocycles. The van der Waals surface area contributed by atoms with Gasteiger partial charge >= 0.3 is 0 Å². The van der Waals surface area contributed by atoms with Crippen LogP contribution in [0, 0.1) is 11.3 Å². The summed E-state index contributed by atoms with van der Waals surface area (Å²) >= 11 is 0. The smallest absolute Gasteiger partial charge is 0.119 e. The number of hydrogen-bond acceptors (Lipinski definition) is 3. The minimum Gasteiger partial charge on any atom is -0.497 e. The molecule has 3 heteroatoms. The van der Waals surface area contributed by atoms with Crippen LogP contribution in [-0.2, 0) is 0 Å². The van der Waals surface area contributed by atoms with Gasteiger partial charge in [-0.25, -0.2) is 0 Å². The Bertz CT molecular complexity index is 381. The van der Waals surface area contributed by atoms with Crippen molar-refractivity contribution in [1.82, 2.24) is 5.32 Å². The summed E-state index contributed by atoms with van der Waals surface area (Å²) in [6.07, 6.45) is 2.24. The molecule has 0 spiro atoms. The van der Waals surface area contributed by atoms with E-state index in [0.717, 1.165) is 37.6 Å². The number of hydrogen-bond donors (Lipinski definition) is 1. The maximum atomic E-state index is 5.85. The van der Waals surface area contributed by atoms with Crippen molar-refractivity contribution in [2.24, 2.45) is 11.3 Å². The fourth-order valence-corrected chi connectivity index (χ4v) is 2.29. The van der Waals surface area contributed by atoms with E-state index in [2.05, 4.69) is 33.0 Å². The zero-order valence-corrected chi connectivity index (χ0v) is 14.2. The van der Waals surface area contributed by atoms with Crippen LogP contribution in [-0.4, -0.2) is 26.8 Å². The highest BCUT2D eigenvalue weighted by Gasteiger charge is 2.23. The molecule has 0 heterocycles. The molecule has 21 heavy (non-hydrogen) atoms. The van der Waals surface area contributed by atoms with Crippen LogP contribution in [0.1, 0.15) is 40.5 Å². The Morgan fingerprint density at radius 1 is 1.10 bits per heavy atom. The molecular formula is C18H31NO2. The molecular weight excluding hydrogens is 262 g/mol. The predicted octanol–water partition coefficient (Wildman–Crippen LogP) is 4.13. The molecule has 1 unspecified atom stereocenters. The minimum absolute atomic E-state index is 0.296. The molecule has 0 radical (unpaired) electrons. The Balaban J connectivity index is 2.41. The van der Waals surface area contributed by atoms with Gasteiger partial charge in [-0.2, -0.15) is 0 Å². The first-order valence-corrected chi connectivity index (χ1v) is 7.95. The Morgan fingerprint density at radius 3 is 2.24 bits per heavy atom. The number of benzene rings is 1. The van der Waals surface area contributed by atoms with Crippen molar-refractivity contribution in [1.29, 1.82) is 0 Å². The summed E-state index contributed by atoms with van der Waals surface area (Å²) in [5, 5.41) is 3.53. The summed E-state index contributed by atoms with van der Waals surface area (Å²) in [6, 6.07) is 7.78. The molecule has 1 N–H and O–H groups in total. The van der Waals surface area contributed by atoms with Crippen LogP contribution in [0.4, 0.5) is 0 Å². The molecule has 0 amide bonds. The van der Waals surface area contributed by atoms with E-state index < -0.39 is 0 Å². The molecule has 1 rings (SSSR count). The van der Waals surface area contributed by atoms with Gasteiger partial charge in [0.25, 0.3) is 0 Å². The van der Waals surface area contributed by atoms with Gasteiger partial charge in [0.2, 0.25) is 0 Å². The molecule has 0 saturated carbocycles. The summed E-state index contributed by atoms with van der Waals surface area (Å²) in [7, 11) is 1.67. The van der Waals surface area contributed by atoms with E-state index in [4.69, 9.17) is 9.47 Å². The topological polar surface area (TPSA) is 30.5 Å². The molecule has 3 nitrogen and oxygen atoms in total. The lowest BCUT2D eigenvalue weighted by Gasteiger charge is -2.31. The van der Waals surface area contributed by atoms with Crippen LogP contribution in [0.5, 0.6) is 11.5 Å². The van der Waals surface area contributed by atoms with E-state index in [0.29, 0.717) is 11.3 Å². The highest BCUT2D eigenvalue weighted by Crippen LogP contribution is 2.28. The van der Waals surface area contributed by atoms with E-state index in [-0.39, 0.29) is 0 Å². The summed E-state index contributed by atoms with van der Waals surface area (Å²) < 4.78 is 11.0. The highest BCUT2D eigenvalue weighted by molar-refractivity contribution is 5.31. The van der Waals surface area contributed by atoms with Crippen molar-refractivity contribution in [2.45, 2.75) is 40.5 Å². The lowest BCUT2D eigenvalue weighted by molar-refractivity contribution is 0.179. The van der Waals surface area contributed by atoms with Crippen LogP contribution in [0.25, 0.3) is 0 Å². The third-order valence-corrected chi connectivity index (χ3v) is 3.84. The fraction of sp³-hybridized carbons (Fsp3) is 0.667. The van der Waals surface area contributed by atoms with E-state index in [1.807, 2.05) is 24.3 Å². The monoisotopic (exact) mass is 293 g/mol. The first-order valence-electron chi connectivity index (χ1n) is 7.95. The quantitative estimate of drug-likeness (QED) is 0.695. The van der Waals surface area contributed by atoms with Crippen molar-refractivity contribution in [3.63, 3.8) is 0 Å². The summed E-state index contributed by atoms with van der Waals surface area (Å²) in [6.45, 7) is 12.0. The molecule has 0 saturated heterocycles. The summed E-state index contributed by atoms with van der Waals surface area (Å²) in [5.74, 6) is 2.38. The molecule has 0 fully saturated rings. The molecule has 1 aromatic carbocycles. The van der Waals surface area contributed by atoms with Crippen LogP contribution in [0.15, 0.2) is 24.3 Å². The second-order valence-corrected chi connectivity index (χ2v) is 6.58. The highest BCUT2D eigenvalue weighted by atomic mass is 16.5. The van der Waals surface area contributed by atoms with Crippen molar-refractivity contribution < 1.29 is 9.47 Å². The second-order valence-electron chi connectivity index (χ2n) is 6.58. The van der Waals surface area contributed by atoms with E-state index in [1.54, 1.807) is 7.11 Å². The third kappa shape index (κ3) is 6.85. The second kappa shape index (κ2) is 8.93. The Morgan fingerprint density at radius 2 is 1.71 bits per heavy atom. The van der Waals surface area contributed by atoms with E-state index in [9.17, 15) is 0 Å². The largest absolute Gasteiger partial charge is 0.497 e. The van der Waals surface area contributed by atoms with Gasteiger partial charge in [0.15, 0.2) is 0 Å². The Labute approximate surface area is 130 Å². The lowest BCUT2D eigenvalue weighted by atomic mass is 9.79. The van der Waals surface area contributed by atoms with E-state index in [1.165, 1.54) is 6.42 Å². The van der Waals surface area contributed by atoms with Crippen LogP contribution >= 0.6 is 0 Å². The van der Waals surface area contributed by atoms with E-state index >= 15 is 0 Å². The maximum absolute atomic E-state index is 5.85. The van der Waals surface area contributed by atoms with Crippen LogP contribution < -0.4 is 14.8 Å². The predicted molar refractivity (Wildman–Crippen MR) is 89.2 cm³/mol. The molecule has 1 atom stereocenters. The van der Waals surface area contributed by atoms with Gasteiger partial charge in [-0.15, -0.1) is 0 Å². The SMILES string of the molecule is CCCNCC(CCOc1ccc(OC)cc1)C(C)(C)C. The average Bonchev–Trinajstić information content (AvgIpc) is 2.45. The molecule has 120 valence electrons. The molecule has 0 aromatic heterocycles. The standard InChI is InChI=1S/C18H31NO2/c1-6-12-19-14-15(18(2,3)4)11-13-21-17-9-7-16(20-5)8-10-17/h7-10,15,19H,6,11-14H2,1-5H3. The lowest BCUT2D eigenvalue weighted by Crippen LogP contribution is -2.33. The van der Waals surface area contributed by atoms with Gasteiger partial charge in [-0.05, 0) is 61.5 Å². The normalized spacial score (nSPS) is 13.0. The van der Waals surface area contributed by atoms with Crippen molar-refractivity contribution in [3.05, 3.63) is 24.3 Å². The number of rotatable bonds is 9. The van der Waals surface area contributed by atoms with Crippen LogP contribution in [0.3, 0.4) is 0 Å². The zero-order valence-electron chi connectivity index (χ0n) is 14.2. The van der Waals surface area contributed by atoms with Gasteiger partial charge in [0.1, 0.15) is 11.5 Å². The molecule has 0 bridgehead atoms. The third-order valence-electron chi connectivity index (χ3n) is 3.84. The van der Waals surface area contributed by atoms with Gasteiger partial charge in [-0.3, -0.25) is 0 Å². The number of ether oxygens (including phenoxy) is 2. The maximum Gasteiger partial charge on any atom is 0.119 e. The van der Waals surface area contributed by atoms with Crippen molar-refractivity contribution in [3.8, 4) is 11.5 Å². The number of nitrogens with one attached hydrogen (secondary N) is 1. The molecule has 0 aliphatic carbocycles. The average molecular weight is 293 g/mol. The Hall–Kier alpha value is -1.22. The molecule has 1 aromatic rings. The zero-order chi connectivity index (χ0) is 15.7. The molecule has 0 aliphatic rings.